The number of halogens is 2. The van der Waals surface area contributed by atoms with Crippen LogP contribution in [0.5, 0.6) is 5.88 Å². The van der Waals surface area contributed by atoms with Gasteiger partial charge in [0.25, 0.3) is 0 Å². The summed E-state index contributed by atoms with van der Waals surface area (Å²) in [6, 6.07) is 7.37. The Kier molecular flexibility index (Phi) is 6.44. The van der Waals surface area contributed by atoms with Crippen LogP contribution in [0.1, 0.15) is 27.2 Å². The molecule has 1 saturated heterocycles. The number of rotatable bonds is 7. The van der Waals surface area contributed by atoms with Crippen LogP contribution in [0.2, 0.25) is 0 Å². The number of aromatic nitrogens is 5. The van der Waals surface area contributed by atoms with E-state index in [0.717, 1.165) is 30.6 Å². The Balaban J connectivity index is 1.44. The van der Waals surface area contributed by atoms with E-state index < -0.39 is 12.2 Å². The first-order valence-electron chi connectivity index (χ1n) is 11.9. The molecule has 0 spiro atoms. The second kappa shape index (κ2) is 9.55. The number of hydrogen-bond donors (Lipinski definition) is 2. The minimum Gasteiger partial charge on any atom is -0.414 e. The lowest BCUT2D eigenvalue weighted by molar-refractivity contribution is -0.0519. The summed E-state index contributed by atoms with van der Waals surface area (Å²) in [5.41, 5.74) is 2.42. The van der Waals surface area contributed by atoms with Crippen LogP contribution in [0.15, 0.2) is 42.9 Å². The molecule has 5 rings (SSSR count). The molecular formula is C25H29F2N7O2. The van der Waals surface area contributed by atoms with Crippen LogP contribution >= 0.6 is 0 Å². The van der Waals surface area contributed by atoms with Crippen molar-refractivity contribution in [3.63, 3.8) is 0 Å². The van der Waals surface area contributed by atoms with Gasteiger partial charge in [-0.2, -0.15) is 13.8 Å². The lowest BCUT2D eigenvalue weighted by Crippen LogP contribution is -2.49. The molecule has 1 aromatic carbocycles. The quantitative estimate of drug-likeness (QED) is 0.397. The van der Waals surface area contributed by atoms with Gasteiger partial charge in [-0.15, -0.1) is 5.10 Å². The van der Waals surface area contributed by atoms with Crippen LogP contribution in [0, 0.1) is 5.92 Å². The molecule has 4 aromatic rings. The first kappa shape index (κ1) is 24.3. The van der Waals surface area contributed by atoms with Crippen molar-refractivity contribution in [3.8, 4) is 17.0 Å². The normalized spacial score (nSPS) is 19.3. The van der Waals surface area contributed by atoms with Gasteiger partial charge in [0.15, 0.2) is 0 Å². The number of nitrogens with one attached hydrogen (secondary N) is 1. The summed E-state index contributed by atoms with van der Waals surface area (Å²) in [6.07, 6.45) is 5.72. The molecule has 0 bridgehead atoms. The highest BCUT2D eigenvalue weighted by Gasteiger charge is 2.30. The molecule has 9 nitrogen and oxygen atoms in total. The largest absolute Gasteiger partial charge is 0.414 e. The van der Waals surface area contributed by atoms with E-state index in [2.05, 4.69) is 37.2 Å². The first-order chi connectivity index (χ1) is 17.2. The number of alkyl halides is 2. The molecule has 0 unspecified atom stereocenters. The highest BCUT2D eigenvalue weighted by atomic mass is 19.3. The van der Waals surface area contributed by atoms with Crippen LogP contribution in [0.25, 0.3) is 27.7 Å². The number of β-amino-alcohol motifs (C(OH)–C–C–N with tert-alkyl or cyclic N) is 1. The fourth-order valence-electron chi connectivity index (χ4n) is 4.89. The van der Waals surface area contributed by atoms with Crippen molar-refractivity contribution in [1.82, 2.24) is 29.5 Å². The molecule has 2 atom stereocenters. The highest BCUT2D eigenvalue weighted by Crippen LogP contribution is 2.33. The topological polar surface area (TPSA) is 101 Å². The van der Waals surface area contributed by atoms with E-state index in [1.807, 2.05) is 18.2 Å². The molecule has 1 aliphatic heterocycles. The van der Waals surface area contributed by atoms with Gasteiger partial charge in [0.1, 0.15) is 5.52 Å². The second-order valence-corrected chi connectivity index (χ2v) is 9.97. The van der Waals surface area contributed by atoms with Crippen molar-refractivity contribution in [2.45, 2.75) is 45.4 Å². The Morgan fingerprint density at radius 1 is 1.19 bits per heavy atom. The zero-order chi connectivity index (χ0) is 25.4. The molecular weight excluding hydrogens is 468 g/mol. The van der Waals surface area contributed by atoms with Crippen LogP contribution in [0.3, 0.4) is 0 Å². The zero-order valence-corrected chi connectivity index (χ0v) is 20.4. The van der Waals surface area contributed by atoms with E-state index in [0.29, 0.717) is 23.1 Å². The molecule has 190 valence electrons. The third kappa shape index (κ3) is 5.21. The van der Waals surface area contributed by atoms with Crippen molar-refractivity contribution in [1.29, 1.82) is 0 Å². The number of anilines is 1. The number of hydrogen-bond acceptors (Lipinski definition) is 8. The predicted octanol–water partition coefficient (Wildman–Crippen LogP) is 3.83. The van der Waals surface area contributed by atoms with Gasteiger partial charge in [-0.25, -0.2) is 4.52 Å². The number of fused-ring (bicyclic) bond motifs is 2. The number of piperidine rings is 1. The summed E-state index contributed by atoms with van der Waals surface area (Å²) in [7, 11) is 0. The summed E-state index contributed by atoms with van der Waals surface area (Å²) >= 11 is 0. The summed E-state index contributed by atoms with van der Waals surface area (Å²) < 4.78 is 33.1. The monoisotopic (exact) mass is 497 g/mol. The van der Waals surface area contributed by atoms with Crippen LogP contribution < -0.4 is 10.1 Å². The van der Waals surface area contributed by atoms with E-state index in [1.165, 1.54) is 4.52 Å². The number of ether oxygens (including phenoxy) is 1. The Morgan fingerprint density at radius 3 is 2.69 bits per heavy atom. The molecule has 2 N–H and O–H groups in total. The maximum Gasteiger partial charge on any atom is 0.388 e. The molecule has 1 aliphatic rings. The summed E-state index contributed by atoms with van der Waals surface area (Å²) in [5.74, 6) is 0.255. The van der Waals surface area contributed by atoms with Gasteiger partial charge in [-0.3, -0.25) is 9.97 Å². The summed E-state index contributed by atoms with van der Waals surface area (Å²) in [4.78, 5) is 15.2. The first-order valence-corrected chi connectivity index (χ1v) is 11.9. The van der Waals surface area contributed by atoms with Crippen molar-refractivity contribution >= 4 is 22.5 Å². The van der Waals surface area contributed by atoms with Gasteiger partial charge >= 0.3 is 6.61 Å². The predicted molar refractivity (Wildman–Crippen MR) is 132 cm³/mol. The fourth-order valence-corrected chi connectivity index (χ4v) is 4.89. The van der Waals surface area contributed by atoms with Gasteiger partial charge in [0, 0.05) is 49.8 Å². The van der Waals surface area contributed by atoms with E-state index in [9.17, 15) is 13.9 Å². The number of nitrogens with zero attached hydrogens (tertiary/aromatic N) is 6. The number of aliphatic hydroxyl groups is 1. The maximum absolute atomic E-state index is 13.4. The standard InChI is InChI=1S/C25H29F2N7O2/c1-15-13-33(14-25(2,3)35)10-7-18(15)30-24-31-22(36-23(26)27)21-17(6-11-34(21)32-24)16-4-5-19-20(12-16)29-9-8-28-19/h4-6,8-9,11-12,15,18,23,35H,7,10,13-14H2,1-3H3,(H,30,32)/t15-,18+/m1/s1. The van der Waals surface area contributed by atoms with Gasteiger partial charge in [0.2, 0.25) is 11.8 Å². The average Bonchev–Trinajstić information content (AvgIpc) is 3.23. The number of benzene rings is 1. The van der Waals surface area contributed by atoms with Crippen LogP contribution in [0.4, 0.5) is 14.7 Å². The smallest absolute Gasteiger partial charge is 0.388 e. The van der Waals surface area contributed by atoms with Gasteiger partial charge in [0.05, 0.1) is 16.6 Å². The van der Waals surface area contributed by atoms with Crippen molar-refractivity contribution < 1.29 is 18.6 Å². The molecule has 4 heterocycles. The number of likely N-dealkylation sites (tertiary alicyclic amines) is 1. The lowest BCUT2D eigenvalue weighted by atomic mass is 9.93. The van der Waals surface area contributed by atoms with Crippen molar-refractivity contribution in [2.75, 3.05) is 25.0 Å². The molecule has 1 fully saturated rings. The van der Waals surface area contributed by atoms with Gasteiger partial charge < -0.3 is 20.1 Å². The van der Waals surface area contributed by atoms with Gasteiger partial charge in [-0.1, -0.05) is 13.0 Å². The SMILES string of the molecule is C[C@@H]1CN(CC(C)(C)O)CC[C@@H]1Nc1nc(OC(F)F)c2c(-c3ccc4nccnc4c3)ccn2n1. The second-order valence-electron chi connectivity index (χ2n) is 9.97. The van der Waals surface area contributed by atoms with Gasteiger partial charge in [-0.05, 0) is 49.9 Å². The van der Waals surface area contributed by atoms with Crippen LogP contribution in [-0.2, 0) is 0 Å². The van der Waals surface area contributed by atoms with Crippen LogP contribution in [-0.4, -0.2) is 72.5 Å². The fraction of sp³-hybridized carbons (Fsp3) is 0.440. The highest BCUT2D eigenvalue weighted by molar-refractivity contribution is 5.89. The summed E-state index contributed by atoms with van der Waals surface area (Å²) in [6.45, 7) is 4.85. The summed E-state index contributed by atoms with van der Waals surface area (Å²) in [5, 5.41) is 18.0. The van der Waals surface area contributed by atoms with Crippen molar-refractivity contribution in [3.05, 3.63) is 42.9 Å². The lowest BCUT2D eigenvalue weighted by Gasteiger charge is -2.39. The average molecular weight is 498 g/mol. The van der Waals surface area contributed by atoms with E-state index in [1.54, 1.807) is 38.5 Å². The Labute approximate surface area is 207 Å². The van der Waals surface area contributed by atoms with E-state index >= 15 is 0 Å². The van der Waals surface area contributed by atoms with E-state index in [4.69, 9.17) is 4.74 Å². The molecule has 0 saturated carbocycles. The third-order valence-corrected chi connectivity index (χ3v) is 6.37. The Morgan fingerprint density at radius 2 is 1.97 bits per heavy atom. The Bertz CT molecular complexity index is 1370. The minimum absolute atomic E-state index is 0.0500. The van der Waals surface area contributed by atoms with Crippen molar-refractivity contribution in [2.24, 2.45) is 5.92 Å². The molecule has 0 aliphatic carbocycles. The Hall–Kier alpha value is -3.44. The molecule has 0 radical (unpaired) electrons. The molecule has 36 heavy (non-hydrogen) atoms. The minimum atomic E-state index is -3.04. The molecule has 11 heteroatoms. The maximum atomic E-state index is 13.4. The zero-order valence-electron chi connectivity index (χ0n) is 20.4. The molecule has 3 aromatic heterocycles. The van der Waals surface area contributed by atoms with E-state index in [-0.39, 0.29) is 23.8 Å². The molecule has 0 amide bonds. The third-order valence-electron chi connectivity index (χ3n) is 6.37.